The van der Waals surface area contributed by atoms with Gasteiger partial charge in [-0.1, -0.05) is 33.1 Å². The van der Waals surface area contributed by atoms with Crippen molar-refractivity contribution in [1.82, 2.24) is 9.97 Å². The quantitative estimate of drug-likeness (QED) is 0.746. The van der Waals surface area contributed by atoms with E-state index in [4.69, 9.17) is 10.5 Å². The Balaban J connectivity index is 1.97. The number of nitrogens with one attached hydrogen (secondary N) is 1. The molecule has 0 aliphatic heterocycles. The summed E-state index contributed by atoms with van der Waals surface area (Å²) in [5.41, 5.74) is 8.30. The maximum Gasteiger partial charge on any atom is 0.294 e. The molecule has 1 unspecified atom stereocenters. The molecule has 0 saturated carbocycles. The van der Waals surface area contributed by atoms with Gasteiger partial charge in [0.2, 0.25) is 0 Å². The lowest BCUT2D eigenvalue weighted by Gasteiger charge is -2.13. The number of nitrogen functional groups attached to an aromatic ring is 1. The number of anilines is 1. The zero-order chi connectivity index (χ0) is 13.7. The maximum atomic E-state index is 5.77. The number of unbranched alkanes of at least 4 members (excludes halogenated alkanes) is 1. The fourth-order valence-electron chi connectivity index (χ4n) is 2.17. The first-order valence-electron chi connectivity index (χ1n) is 7.11. The Morgan fingerprint density at radius 1 is 1.37 bits per heavy atom. The zero-order valence-electron chi connectivity index (χ0n) is 11.8. The first-order valence-corrected chi connectivity index (χ1v) is 7.11. The van der Waals surface area contributed by atoms with Crippen molar-refractivity contribution in [3.8, 4) is 6.01 Å². The minimum absolute atomic E-state index is 0.593. The number of ether oxygens (including phenoxy) is 1. The molecule has 0 amide bonds. The molecule has 0 aliphatic carbocycles. The average Bonchev–Trinajstić information content (AvgIpc) is 2.81. The summed E-state index contributed by atoms with van der Waals surface area (Å²) in [6, 6.07) is 6.23. The van der Waals surface area contributed by atoms with Crippen LogP contribution in [0.3, 0.4) is 0 Å². The average molecular weight is 261 g/mol. The van der Waals surface area contributed by atoms with Crippen molar-refractivity contribution in [2.24, 2.45) is 5.92 Å². The van der Waals surface area contributed by atoms with E-state index in [9.17, 15) is 0 Å². The molecule has 0 radical (unpaired) electrons. The third kappa shape index (κ3) is 3.63. The van der Waals surface area contributed by atoms with Crippen LogP contribution < -0.4 is 10.5 Å². The number of hydrogen-bond acceptors (Lipinski definition) is 3. The van der Waals surface area contributed by atoms with E-state index in [0.29, 0.717) is 11.9 Å². The molecule has 1 aromatic carbocycles. The first-order chi connectivity index (χ1) is 9.22. The van der Waals surface area contributed by atoms with Crippen LogP contribution in [0.25, 0.3) is 11.0 Å². The number of hydrogen-bond donors (Lipinski definition) is 2. The van der Waals surface area contributed by atoms with Gasteiger partial charge in [-0.05, 0) is 30.5 Å². The fourth-order valence-corrected chi connectivity index (χ4v) is 2.17. The molecule has 0 saturated heterocycles. The summed E-state index contributed by atoms with van der Waals surface area (Å²) in [4.78, 5) is 7.57. The Morgan fingerprint density at radius 2 is 2.21 bits per heavy atom. The summed E-state index contributed by atoms with van der Waals surface area (Å²) in [5.74, 6) is 0.609. The van der Waals surface area contributed by atoms with E-state index in [0.717, 1.165) is 29.7 Å². The van der Waals surface area contributed by atoms with Crippen molar-refractivity contribution >= 4 is 16.7 Å². The maximum absolute atomic E-state index is 5.77. The molecule has 4 nitrogen and oxygen atoms in total. The van der Waals surface area contributed by atoms with Gasteiger partial charge in [0.25, 0.3) is 6.01 Å². The van der Waals surface area contributed by atoms with Crippen LogP contribution in [0.2, 0.25) is 0 Å². The number of aromatic nitrogens is 2. The predicted octanol–water partition coefficient (Wildman–Crippen LogP) is 3.74. The lowest BCUT2D eigenvalue weighted by Crippen LogP contribution is -2.11. The molecule has 0 fully saturated rings. The highest BCUT2D eigenvalue weighted by molar-refractivity contribution is 5.79. The molecule has 4 heteroatoms. The summed E-state index contributed by atoms with van der Waals surface area (Å²) in [5, 5.41) is 0. The number of aromatic amines is 1. The Hall–Kier alpha value is -1.71. The van der Waals surface area contributed by atoms with Gasteiger partial charge in [-0.25, -0.2) is 0 Å². The van der Waals surface area contributed by atoms with Crippen molar-refractivity contribution in [1.29, 1.82) is 0 Å². The second kappa shape index (κ2) is 6.45. The van der Waals surface area contributed by atoms with Gasteiger partial charge in [0.1, 0.15) is 0 Å². The molecule has 1 atom stereocenters. The van der Waals surface area contributed by atoms with Crippen LogP contribution in [0.1, 0.15) is 39.5 Å². The Labute approximate surface area is 114 Å². The highest BCUT2D eigenvalue weighted by Gasteiger charge is 2.09. The lowest BCUT2D eigenvalue weighted by atomic mass is 10.0. The number of benzene rings is 1. The molecule has 2 aromatic rings. The SMILES string of the molecule is CCCCC(CC)COc1nc2ccc(N)cc2[nH]1. The van der Waals surface area contributed by atoms with E-state index in [2.05, 4.69) is 23.8 Å². The minimum Gasteiger partial charge on any atom is -0.465 e. The van der Waals surface area contributed by atoms with Crippen LogP contribution in [-0.4, -0.2) is 16.6 Å². The van der Waals surface area contributed by atoms with Crippen LogP contribution in [0.4, 0.5) is 5.69 Å². The van der Waals surface area contributed by atoms with E-state index in [1.54, 1.807) is 0 Å². The molecule has 1 heterocycles. The van der Waals surface area contributed by atoms with Gasteiger partial charge >= 0.3 is 0 Å². The monoisotopic (exact) mass is 261 g/mol. The van der Waals surface area contributed by atoms with Gasteiger partial charge in [0.15, 0.2) is 0 Å². The topological polar surface area (TPSA) is 63.9 Å². The largest absolute Gasteiger partial charge is 0.465 e. The predicted molar refractivity (Wildman–Crippen MR) is 79.3 cm³/mol. The number of imidazole rings is 1. The van der Waals surface area contributed by atoms with Crippen molar-refractivity contribution < 1.29 is 4.74 Å². The summed E-state index contributed by atoms with van der Waals surface area (Å²) in [6.07, 6.45) is 4.87. The molecule has 2 rings (SSSR count). The van der Waals surface area contributed by atoms with Crippen LogP contribution >= 0.6 is 0 Å². The third-order valence-corrected chi connectivity index (χ3v) is 3.48. The van der Waals surface area contributed by atoms with Gasteiger partial charge in [0.05, 0.1) is 17.6 Å². The van der Waals surface area contributed by atoms with Crippen LogP contribution in [0.15, 0.2) is 18.2 Å². The van der Waals surface area contributed by atoms with Gasteiger partial charge in [-0.15, -0.1) is 0 Å². The van der Waals surface area contributed by atoms with Crippen molar-refractivity contribution in [3.63, 3.8) is 0 Å². The minimum atomic E-state index is 0.593. The van der Waals surface area contributed by atoms with E-state index >= 15 is 0 Å². The van der Waals surface area contributed by atoms with E-state index in [-0.39, 0.29) is 0 Å². The van der Waals surface area contributed by atoms with Crippen LogP contribution in [-0.2, 0) is 0 Å². The Kier molecular flexibility index (Phi) is 4.66. The van der Waals surface area contributed by atoms with Crippen molar-refractivity contribution in [2.75, 3.05) is 12.3 Å². The molecule has 0 bridgehead atoms. The van der Waals surface area contributed by atoms with Crippen molar-refractivity contribution in [2.45, 2.75) is 39.5 Å². The summed E-state index contributed by atoms with van der Waals surface area (Å²) in [6.45, 7) is 5.16. The number of rotatable bonds is 7. The van der Waals surface area contributed by atoms with Crippen LogP contribution in [0.5, 0.6) is 6.01 Å². The normalized spacial score (nSPS) is 12.7. The zero-order valence-corrected chi connectivity index (χ0v) is 11.8. The number of nitrogens with two attached hydrogens (primary N) is 1. The number of fused-ring (bicyclic) bond motifs is 1. The molecule has 104 valence electrons. The standard InChI is InChI=1S/C15H23N3O/c1-3-5-6-11(4-2)10-19-15-17-13-8-7-12(16)9-14(13)18-15/h7-9,11H,3-6,10,16H2,1-2H3,(H,17,18). The Bertz CT molecular complexity index is 521. The van der Waals surface area contributed by atoms with E-state index in [1.165, 1.54) is 19.3 Å². The number of H-pyrrole nitrogens is 1. The summed E-state index contributed by atoms with van der Waals surface area (Å²) < 4.78 is 5.77. The van der Waals surface area contributed by atoms with E-state index < -0.39 is 0 Å². The third-order valence-electron chi connectivity index (χ3n) is 3.48. The Morgan fingerprint density at radius 3 is 2.95 bits per heavy atom. The highest BCUT2D eigenvalue weighted by Crippen LogP contribution is 2.20. The van der Waals surface area contributed by atoms with Crippen LogP contribution in [0, 0.1) is 5.92 Å². The van der Waals surface area contributed by atoms with Gasteiger partial charge in [-0.3, -0.25) is 0 Å². The fraction of sp³-hybridized carbons (Fsp3) is 0.533. The molecule has 3 N–H and O–H groups in total. The second-order valence-electron chi connectivity index (χ2n) is 5.05. The van der Waals surface area contributed by atoms with Gasteiger partial charge < -0.3 is 15.5 Å². The molecule has 1 aromatic heterocycles. The van der Waals surface area contributed by atoms with E-state index in [1.807, 2.05) is 18.2 Å². The second-order valence-corrected chi connectivity index (χ2v) is 5.05. The van der Waals surface area contributed by atoms with Crippen molar-refractivity contribution in [3.05, 3.63) is 18.2 Å². The number of nitrogens with zero attached hydrogens (tertiary/aromatic N) is 1. The summed E-state index contributed by atoms with van der Waals surface area (Å²) >= 11 is 0. The molecule has 0 aliphatic rings. The van der Waals surface area contributed by atoms with Gasteiger partial charge in [0, 0.05) is 5.69 Å². The lowest BCUT2D eigenvalue weighted by molar-refractivity contribution is 0.220. The summed E-state index contributed by atoms with van der Waals surface area (Å²) in [7, 11) is 0. The smallest absolute Gasteiger partial charge is 0.294 e. The highest BCUT2D eigenvalue weighted by atomic mass is 16.5. The molecular weight excluding hydrogens is 238 g/mol. The molecular formula is C15H23N3O. The molecule has 0 spiro atoms. The molecule has 19 heavy (non-hydrogen) atoms. The first kappa shape index (κ1) is 13.7. The van der Waals surface area contributed by atoms with Gasteiger partial charge in [-0.2, -0.15) is 4.98 Å².